The molecule has 0 heterocycles. The van der Waals surface area contributed by atoms with Gasteiger partial charge in [-0.1, -0.05) is 35.5 Å². The highest BCUT2D eigenvalue weighted by molar-refractivity contribution is 7.73. The highest BCUT2D eigenvalue weighted by Gasteiger charge is 2.31. The van der Waals surface area contributed by atoms with E-state index in [2.05, 4.69) is 5.16 Å². The normalized spacial score (nSPS) is 12.8. The average molecular weight is 229 g/mol. The number of hydrogen-bond acceptors (Lipinski definition) is 5. The molecule has 1 rings (SSSR count). The third-order valence-electron chi connectivity index (χ3n) is 1.87. The number of benzene rings is 1. The molecule has 0 fully saturated rings. The number of rotatable bonds is 4. The molecule has 0 bridgehead atoms. The van der Waals surface area contributed by atoms with Crippen LogP contribution < -0.4 is 0 Å². The standard InChI is InChI=1S/C9H12NO4P/c1-13-15(12,14-2)9(10-11)8-6-4-3-5-7-8/h3-7,11H,1-2H3/b10-9+. The molecule has 0 aliphatic heterocycles. The molecular formula is C9H12NO4P. The Labute approximate surface area is 87.9 Å². The van der Waals surface area contributed by atoms with Crippen molar-refractivity contribution in [3.63, 3.8) is 0 Å². The topological polar surface area (TPSA) is 68.1 Å². The molecule has 0 amide bonds. The third kappa shape index (κ3) is 2.45. The minimum absolute atomic E-state index is 0.104. The number of nitrogens with zero attached hydrogens (tertiary/aromatic N) is 1. The third-order valence-corrected chi connectivity index (χ3v) is 3.69. The SMILES string of the molecule is COP(=O)(OC)/C(=N/O)c1ccccc1. The number of oxime groups is 1. The zero-order chi connectivity index (χ0) is 11.3. The lowest BCUT2D eigenvalue weighted by Crippen LogP contribution is -2.05. The molecule has 1 N–H and O–H groups in total. The Hall–Kier alpha value is -1.16. The summed E-state index contributed by atoms with van der Waals surface area (Å²) in [6.07, 6.45) is 0. The van der Waals surface area contributed by atoms with Crippen molar-refractivity contribution in [2.45, 2.75) is 0 Å². The second-order valence-electron chi connectivity index (χ2n) is 2.65. The van der Waals surface area contributed by atoms with Crippen molar-refractivity contribution < 1.29 is 18.8 Å². The van der Waals surface area contributed by atoms with E-state index in [0.29, 0.717) is 5.56 Å². The van der Waals surface area contributed by atoms with E-state index in [0.717, 1.165) is 0 Å². The molecule has 0 atom stereocenters. The average Bonchev–Trinajstić information content (AvgIpc) is 2.31. The Morgan fingerprint density at radius 3 is 2.20 bits per heavy atom. The van der Waals surface area contributed by atoms with Gasteiger partial charge in [-0.05, 0) is 0 Å². The first kappa shape index (κ1) is 11.9. The summed E-state index contributed by atoms with van der Waals surface area (Å²) in [6, 6.07) is 8.56. The smallest absolute Gasteiger partial charge is 0.383 e. The summed E-state index contributed by atoms with van der Waals surface area (Å²) in [6.45, 7) is 0. The summed E-state index contributed by atoms with van der Waals surface area (Å²) in [5, 5.41) is 11.8. The highest BCUT2D eigenvalue weighted by Crippen LogP contribution is 2.49. The predicted octanol–water partition coefficient (Wildman–Crippen LogP) is 2.31. The molecule has 6 heteroatoms. The zero-order valence-electron chi connectivity index (χ0n) is 8.45. The first-order chi connectivity index (χ1) is 7.18. The maximum absolute atomic E-state index is 11.9. The van der Waals surface area contributed by atoms with Crippen LogP contribution in [0.2, 0.25) is 0 Å². The first-order valence-electron chi connectivity index (χ1n) is 4.17. The molecule has 5 nitrogen and oxygen atoms in total. The van der Waals surface area contributed by atoms with Crippen molar-refractivity contribution in [3.05, 3.63) is 35.9 Å². The second-order valence-corrected chi connectivity index (χ2v) is 4.80. The van der Waals surface area contributed by atoms with Gasteiger partial charge in [-0.25, -0.2) is 0 Å². The van der Waals surface area contributed by atoms with E-state index < -0.39 is 7.60 Å². The van der Waals surface area contributed by atoms with Crippen LogP contribution in [0, 0.1) is 0 Å². The highest BCUT2D eigenvalue weighted by atomic mass is 31.2. The van der Waals surface area contributed by atoms with Crippen LogP contribution in [-0.2, 0) is 13.6 Å². The van der Waals surface area contributed by atoms with Gasteiger partial charge in [0.05, 0.1) is 0 Å². The van der Waals surface area contributed by atoms with Crippen molar-refractivity contribution >= 4 is 13.0 Å². The Kier molecular flexibility index (Phi) is 4.03. The maximum atomic E-state index is 11.9. The molecule has 0 aromatic heterocycles. The van der Waals surface area contributed by atoms with Crippen molar-refractivity contribution in [3.8, 4) is 0 Å². The maximum Gasteiger partial charge on any atom is 0.383 e. The molecule has 82 valence electrons. The second kappa shape index (κ2) is 5.07. The van der Waals surface area contributed by atoms with Crippen molar-refractivity contribution in [1.82, 2.24) is 0 Å². The molecule has 0 unspecified atom stereocenters. The lowest BCUT2D eigenvalue weighted by atomic mass is 10.2. The summed E-state index contributed by atoms with van der Waals surface area (Å²) in [5.74, 6) is 0. The molecular weight excluding hydrogens is 217 g/mol. The predicted molar refractivity (Wildman–Crippen MR) is 56.4 cm³/mol. The Morgan fingerprint density at radius 2 is 1.80 bits per heavy atom. The van der Waals surface area contributed by atoms with Crippen LogP contribution in [0.5, 0.6) is 0 Å². The molecule has 0 radical (unpaired) electrons. The quantitative estimate of drug-likeness (QED) is 0.372. The van der Waals surface area contributed by atoms with E-state index in [1.807, 2.05) is 0 Å². The minimum Gasteiger partial charge on any atom is -0.410 e. The zero-order valence-corrected chi connectivity index (χ0v) is 9.35. The Morgan fingerprint density at radius 1 is 1.27 bits per heavy atom. The summed E-state index contributed by atoms with van der Waals surface area (Å²) < 4.78 is 21.4. The fourth-order valence-electron chi connectivity index (χ4n) is 1.11. The van der Waals surface area contributed by atoms with Crippen LogP contribution in [0.1, 0.15) is 5.56 Å². The molecule has 15 heavy (non-hydrogen) atoms. The van der Waals surface area contributed by atoms with Crippen molar-refractivity contribution in [2.75, 3.05) is 14.2 Å². The molecule has 0 spiro atoms. The van der Waals surface area contributed by atoms with Crippen LogP contribution >= 0.6 is 7.60 Å². The summed E-state index contributed by atoms with van der Waals surface area (Å²) in [5.41, 5.74) is 0.389. The van der Waals surface area contributed by atoms with E-state index in [1.165, 1.54) is 14.2 Å². The largest absolute Gasteiger partial charge is 0.410 e. The van der Waals surface area contributed by atoms with Gasteiger partial charge in [-0.2, -0.15) is 0 Å². The molecule has 0 aliphatic carbocycles. The van der Waals surface area contributed by atoms with Crippen LogP contribution in [0.15, 0.2) is 35.5 Å². The van der Waals surface area contributed by atoms with Crippen LogP contribution in [0.4, 0.5) is 0 Å². The van der Waals surface area contributed by atoms with Gasteiger partial charge >= 0.3 is 7.60 Å². The molecule has 1 aromatic carbocycles. The van der Waals surface area contributed by atoms with Crippen molar-refractivity contribution in [1.29, 1.82) is 0 Å². The van der Waals surface area contributed by atoms with Gasteiger partial charge in [0.1, 0.15) is 0 Å². The lowest BCUT2D eigenvalue weighted by molar-refractivity contribution is 0.284. The fourth-order valence-corrected chi connectivity index (χ4v) is 2.18. The summed E-state index contributed by atoms with van der Waals surface area (Å²) >= 11 is 0. The summed E-state index contributed by atoms with van der Waals surface area (Å²) in [7, 11) is -1.04. The van der Waals surface area contributed by atoms with E-state index in [9.17, 15) is 4.57 Å². The van der Waals surface area contributed by atoms with Gasteiger partial charge in [0.25, 0.3) is 0 Å². The molecule has 1 aromatic rings. The van der Waals surface area contributed by atoms with Gasteiger partial charge in [0.15, 0.2) is 5.45 Å². The van der Waals surface area contributed by atoms with Crippen molar-refractivity contribution in [2.24, 2.45) is 5.16 Å². The van der Waals surface area contributed by atoms with E-state index >= 15 is 0 Å². The molecule has 0 saturated heterocycles. The van der Waals surface area contributed by atoms with Crippen LogP contribution in [0.25, 0.3) is 0 Å². The fraction of sp³-hybridized carbons (Fsp3) is 0.222. The Bertz CT molecular complexity index is 382. The first-order valence-corrected chi connectivity index (χ1v) is 5.71. The minimum atomic E-state index is -3.51. The molecule has 0 aliphatic rings. The summed E-state index contributed by atoms with van der Waals surface area (Å²) in [4.78, 5) is 0. The van der Waals surface area contributed by atoms with Gasteiger partial charge < -0.3 is 14.3 Å². The Balaban J connectivity index is 3.17. The van der Waals surface area contributed by atoms with Gasteiger partial charge in [0, 0.05) is 19.8 Å². The van der Waals surface area contributed by atoms with Gasteiger partial charge in [0.2, 0.25) is 0 Å². The van der Waals surface area contributed by atoms with E-state index in [4.69, 9.17) is 14.3 Å². The van der Waals surface area contributed by atoms with Crippen LogP contribution in [0.3, 0.4) is 0 Å². The van der Waals surface area contributed by atoms with E-state index in [-0.39, 0.29) is 5.45 Å². The number of hydrogen-bond donors (Lipinski definition) is 1. The van der Waals surface area contributed by atoms with E-state index in [1.54, 1.807) is 30.3 Å². The van der Waals surface area contributed by atoms with Gasteiger partial charge in [-0.3, -0.25) is 4.57 Å². The van der Waals surface area contributed by atoms with Gasteiger partial charge in [-0.15, -0.1) is 0 Å². The van der Waals surface area contributed by atoms with Crippen LogP contribution in [-0.4, -0.2) is 24.9 Å². The molecule has 0 saturated carbocycles. The monoisotopic (exact) mass is 229 g/mol. The lowest BCUT2D eigenvalue weighted by Gasteiger charge is -2.14.